The van der Waals surface area contributed by atoms with Gasteiger partial charge in [0, 0.05) is 5.56 Å². The number of aromatic nitrogens is 3. The lowest BCUT2D eigenvalue weighted by atomic mass is 10.2. The molecule has 0 radical (unpaired) electrons. The maximum absolute atomic E-state index is 13.5. The average molecular weight is 407 g/mol. The second-order valence-electron chi connectivity index (χ2n) is 5.39. The fourth-order valence-corrected chi connectivity index (χ4v) is 2.89. The molecule has 0 spiro atoms. The molecule has 9 heteroatoms. The van der Waals surface area contributed by atoms with E-state index >= 15 is 0 Å². The number of methoxy groups -OCH3 is 1. The van der Waals surface area contributed by atoms with Crippen molar-refractivity contribution in [3.05, 3.63) is 57.6 Å². The van der Waals surface area contributed by atoms with Gasteiger partial charge in [-0.3, -0.25) is 0 Å². The van der Waals surface area contributed by atoms with E-state index in [9.17, 15) is 4.39 Å². The second-order valence-corrected chi connectivity index (χ2v) is 6.18. The van der Waals surface area contributed by atoms with Gasteiger partial charge in [0.25, 0.3) is 0 Å². The number of nitrogens with zero attached hydrogens (tertiary/aromatic N) is 3. The molecule has 0 saturated carbocycles. The lowest BCUT2D eigenvalue weighted by molar-refractivity contribution is 0.311. The maximum atomic E-state index is 13.5. The first-order chi connectivity index (χ1) is 13.0. The second kappa shape index (κ2) is 8.32. The molecule has 0 atom stereocenters. The van der Waals surface area contributed by atoms with E-state index in [0.29, 0.717) is 40.1 Å². The highest BCUT2D eigenvalue weighted by Gasteiger charge is 2.12. The van der Waals surface area contributed by atoms with E-state index in [4.69, 9.17) is 33.3 Å². The van der Waals surface area contributed by atoms with Crippen LogP contribution in [0.4, 0.5) is 4.39 Å². The molecule has 140 valence electrons. The molecule has 1 N–H and O–H groups in total. The molecule has 3 aromatic rings. The summed E-state index contributed by atoms with van der Waals surface area (Å²) in [6.07, 6.45) is 1.55. The summed E-state index contributed by atoms with van der Waals surface area (Å²) in [5, 5.41) is 11.5. The number of nitrogens with one attached hydrogen (secondary N) is 1. The van der Waals surface area contributed by atoms with E-state index in [2.05, 4.69) is 15.3 Å². The zero-order chi connectivity index (χ0) is 19.4. The number of H-pyrrole nitrogens is 1. The van der Waals surface area contributed by atoms with Gasteiger partial charge in [0.05, 0.1) is 25.0 Å². The van der Waals surface area contributed by atoms with Crippen LogP contribution in [0.3, 0.4) is 0 Å². The first-order valence-electron chi connectivity index (χ1n) is 8.01. The molecule has 1 heterocycles. The zero-order valence-corrected chi connectivity index (χ0v) is 16.1. The molecule has 0 saturated heterocycles. The molecule has 0 bridgehead atoms. The monoisotopic (exact) mass is 406 g/mol. The number of aromatic amines is 1. The van der Waals surface area contributed by atoms with E-state index in [-0.39, 0.29) is 10.6 Å². The highest BCUT2D eigenvalue weighted by Crippen LogP contribution is 2.36. The van der Waals surface area contributed by atoms with Crippen LogP contribution >= 0.6 is 23.8 Å². The van der Waals surface area contributed by atoms with Crippen molar-refractivity contribution in [3.8, 4) is 22.9 Å². The topological polar surface area (TPSA) is 64.4 Å². The number of benzene rings is 2. The highest BCUT2D eigenvalue weighted by atomic mass is 35.5. The fourth-order valence-electron chi connectivity index (χ4n) is 2.44. The van der Waals surface area contributed by atoms with Crippen LogP contribution in [-0.2, 0) is 0 Å². The quantitative estimate of drug-likeness (QED) is 0.476. The van der Waals surface area contributed by atoms with Crippen LogP contribution < -0.4 is 9.47 Å². The van der Waals surface area contributed by atoms with Crippen LogP contribution in [-0.4, -0.2) is 34.8 Å². The predicted molar refractivity (Wildman–Crippen MR) is 105 cm³/mol. The van der Waals surface area contributed by atoms with Gasteiger partial charge < -0.3 is 9.47 Å². The van der Waals surface area contributed by atoms with Gasteiger partial charge in [0.2, 0.25) is 4.77 Å². The molecular weight excluding hydrogens is 391 g/mol. The Bertz CT molecular complexity index is 1050. The minimum absolute atomic E-state index is 0.273. The minimum Gasteiger partial charge on any atom is -0.493 e. The Hall–Kier alpha value is -2.71. The number of rotatable bonds is 6. The molecule has 6 nitrogen and oxygen atoms in total. The average Bonchev–Trinajstić information content (AvgIpc) is 3.02. The largest absolute Gasteiger partial charge is 0.493 e. The molecule has 2 aromatic carbocycles. The summed E-state index contributed by atoms with van der Waals surface area (Å²) < 4.78 is 26.0. The number of halogens is 2. The van der Waals surface area contributed by atoms with E-state index in [1.165, 1.54) is 23.9 Å². The molecule has 0 aliphatic rings. The summed E-state index contributed by atoms with van der Waals surface area (Å²) in [4.78, 5) is 0. The van der Waals surface area contributed by atoms with Crippen molar-refractivity contribution < 1.29 is 13.9 Å². The van der Waals surface area contributed by atoms with Crippen molar-refractivity contribution in [1.82, 2.24) is 14.9 Å². The first-order valence-corrected chi connectivity index (χ1v) is 8.80. The van der Waals surface area contributed by atoms with Crippen molar-refractivity contribution in [2.75, 3.05) is 13.7 Å². The fraction of sp³-hybridized carbons (Fsp3) is 0.167. The van der Waals surface area contributed by atoms with Crippen LogP contribution in [0.2, 0.25) is 5.02 Å². The molecule has 0 fully saturated rings. The summed E-state index contributed by atoms with van der Waals surface area (Å²) in [5.74, 6) is 0.978. The highest BCUT2D eigenvalue weighted by molar-refractivity contribution is 7.71. The third kappa shape index (κ3) is 4.17. The van der Waals surface area contributed by atoms with Crippen LogP contribution in [0, 0.1) is 10.6 Å². The molecule has 0 unspecified atom stereocenters. The Morgan fingerprint density at radius 1 is 1.37 bits per heavy atom. The minimum atomic E-state index is -0.375. The zero-order valence-electron chi connectivity index (χ0n) is 14.6. The molecular formula is C18H16ClFN4O2S. The van der Waals surface area contributed by atoms with Crippen LogP contribution in [0.5, 0.6) is 11.5 Å². The van der Waals surface area contributed by atoms with Gasteiger partial charge in [-0.2, -0.15) is 14.9 Å². The van der Waals surface area contributed by atoms with E-state index in [1.807, 2.05) is 6.92 Å². The summed E-state index contributed by atoms with van der Waals surface area (Å²) in [7, 11) is 1.53. The Labute approximate surface area is 165 Å². The Morgan fingerprint density at radius 3 is 2.89 bits per heavy atom. The van der Waals surface area contributed by atoms with Crippen LogP contribution in [0.1, 0.15) is 12.5 Å². The lowest BCUT2D eigenvalue weighted by Crippen LogP contribution is -1.99. The predicted octanol–water partition coefficient (Wildman–Crippen LogP) is 4.69. The van der Waals surface area contributed by atoms with Gasteiger partial charge in [0.15, 0.2) is 17.3 Å². The van der Waals surface area contributed by atoms with Crippen LogP contribution in [0.15, 0.2) is 41.5 Å². The van der Waals surface area contributed by atoms with E-state index in [1.54, 1.807) is 30.5 Å². The standard InChI is InChI=1S/C18H16ClFN4O2S/c1-3-26-16-14(19)7-11(8-15(16)25-2)10-21-24-17(22-23-18(24)27)12-5-4-6-13(20)9-12/h4-10H,3H2,1-2H3,(H,23,27)/b21-10-. The molecule has 27 heavy (non-hydrogen) atoms. The van der Waals surface area contributed by atoms with Crippen molar-refractivity contribution >= 4 is 30.0 Å². The number of hydrogen-bond donors (Lipinski definition) is 1. The van der Waals surface area contributed by atoms with Crippen molar-refractivity contribution in [2.45, 2.75) is 6.92 Å². The molecule has 1 aromatic heterocycles. The number of hydrogen-bond acceptors (Lipinski definition) is 5. The van der Waals surface area contributed by atoms with Gasteiger partial charge in [-0.25, -0.2) is 9.49 Å². The maximum Gasteiger partial charge on any atom is 0.216 e. The third-order valence-corrected chi connectivity index (χ3v) is 4.14. The summed E-state index contributed by atoms with van der Waals surface area (Å²) in [6, 6.07) is 9.46. The molecule has 0 aliphatic carbocycles. The van der Waals surface area contributed by atoms with Crippen molar-refractivity contribution in [1.29, 1.82) is 0 Å². The third-order valence-electron chi connectivity index (χ3n) is 3.60. The smallest absolute Gasteiger partial charge is 0.216 e. The number of ether oxygens (including phenoxy) is 2. The normalized spacial score (nSPS) is 11.1. The Kier molecular flexibility index (Phi) is 5.88. The molecule has 0 aliphatic heterocycles. The van der Waals surface area contributed by atoms with Gasteiger partial charge in [0.1, 0.15) is 5.82 Å². The summed E-state index contributed by atoms with van der Waals surface area (Å²) in [6.45, 7) is 2.32. The lowest BCUT2D eigenvalue weighted by Gasteiger charge is -2.11. The van der Waals surface area contributed by atoms with Crippen molar-refractivity contribution in [2.24, 2.45) is 5.10 Å². The molecule has 0 amide bonds. The Balaban J connectivity index is 1.99. The first kappa shape index (κ1) is 19.1. The van der Waals surface area contributed by atoms with Gasteiger partial charge in [-0.05, 0) is 49.0 Å². The van der Waals surface area contributed by atoms with Gasteiger partial charge in [-0.15, -0.1) is 0 Å². The van der Waals surface area contributed by atoms with E-state index < -0.39 is 0 Å². The SMILES string of the molecule is CCOc1c(Cl)cc(/C=N\n2c(-c3cccc(F)c3)n[nH]c2=S)cc1OC. The van der Waals surface area contributed by atoms with Gasteiger partial charge >= 0.3 is 0 Å². The molecule has 3 rings (SSSR count). The summed E-state index contributed by atoms with van der Waals surface area (Å²) >= 11 is 11.5. The van der Waals surface area contributed by atoms with E-state index in [0.717, 1.165) is 0 Å². The van der Waals surface area contributed by atoms with Gasteiger partial charge in [-0.1, -0.05) is 23.7 Å². The van der Waals surface area contributed by atoms with Crippen LogP contribution in [0.25, 0.3) is 11.4 Å². The van der Waals surface area contributed by atoms with Crippen molar-refractivity contribution in [3.63, 3.8) is 0 Å². The Morgan fingerprint density at radius 2 is 2.19 bits per heavy atom. The summed E-state index contributed by atoms with van der Waals surface area (Å²) in [5.41, 5.74) is 1.22.